The Bertz CT molecular complexity index is 932. The molecule has 30 heavy (non-hydrogen) atoms. The van der Waals surface area contributed by atoms with Crippen molar-refractivity contribution in [2.24, 2.45) is 0 Å². The summed E-state index contributed by atoms with van der Waals surface area (Å²) in [5.41, 5.74) is -1.14. The number of aromatic nitrogens is 2. The summed E-state index contributed by atoms with van der Waals surface area (Å²) in [6.07, 6.45) is -3.22. The molecule has 0 bridgehead atoms. The van der Waals surface area contributed by atoms with Crippen LogP contribution in [0.1, 0.15) is 41.4 Å². The fourth-order valence-corrected chi connectivity index (χ4v) is 3.58. The maximum atomic E-state index is 12.9. The fraction of sp³-hybridized carbons (Fsp3) is 0.500. The van der Waals surface area contributed by atoms with Crippen LogP contribution in [-0.2, 0) is 19.1 Å². The Morgan fingerprint density at radius 2 is 2.17 bits per heavy atom. The normalized spacial score (nSPS) is 23.4. The fourth-order valence-electron chi connectivity index (χ4n) is 3.58. The largest absolute Gasteiger partial charge is 0.491 e. The molecule has 7 nitrogen and oxygen atoms in total. The standard InChI is InChI=1S/C20H22F3N3O4/c1-2-19(28)5-6-26-17(30-11-19)9-15(25-26)18(27)24-14-8-12-7-13(20(21,22)23)3-4-16(12)29-10-14/h3-4,7,9,14,28H,2,5-6,8,10-11H2,1H3,(H,24,27)/t14-,19?/m1/s1. The molecule has 1 unspecified atom stereocenters. The quantitative estimate of drug-likeness (QED) is 0.790. The molecular weight excluding hydrogens is 403 g/mol. The molecule has 10 heteroatoms. The molecule has 1 aromatic heterocycles. The number of rotatable bonds is 3. The molecule has 1 aromatic carbocycles. The van der Waals surface area contributed by atoms with Gasteiger partial charge in [0.15, 0.2) is 5.69 Å². The smallest absolute Gasteiger partial charge is 0.416 e. The summed E-state index contributed by atoms with van der Waals surface area (Å²) in [7, 11) is 0. The van der Waals surface area contributed by atoms with Crippen molar-refractivity contribution in [1.29, 1.82) is 0 Å². The van der Waals surface area contributed by atoms with Gasteiger partial charge in [-0.3, -0.25) is 4.79 Å². The zero-order valence-electron chi connectivity index (χ0n) is 16.3. The number of hydrogen-bond acceptors (Lipinski definition) is 5. The summed E-state index contributed by atoms with van der Waals surface area (Å²) in [6, 6.07) is 4.35. The van der Waals surface area contributed by atoms with E-state index in [1.807, 2.05) is 6.92 Å². The van der Waals surface area contributed by atoms with Crippen LogP contribution in [0.25, 0.3) is 0 Å². The van der Waals surface area contributed by atoms with Crippen molar-refractivity contribution in [2.75, 3.05) is 13.2 Å². The van der Waals surface area contributed by atoms with Crippen molar-refractivity contribution in [2.45, 2.75) is 50.6 Å². The van der Waals surface area contributed by atoms with Gasteiger partial charge in [0.1, 0.15) is 24.6 Å². The maximum Gasteiger partial charge on any atom is 0.416 e. The summed E-state index contributed by atoms with van der Waals surface area (Å²) in [4.78, 5) is 12.6. The van der Waals surface area contributed by atoms with Gasteiger partial charge in [-0.1, -0.05) is 6.92 Å². The van der Waals surface area contributed by atoms with E-state index in [0.717, 1.165) is 12.1 Å². The summed E-state index contributed by atoms with van der Waals surface area (Å²) < 4.78 is 51.5. The van der Waals surface area contributed by atoms with Crippen molar-refractivity contribution in [3.05, 3.63) is 41.1 Å². The third kappa shape index (κ3) is 4.09. The van der Waals surface area contributed by atoms with E-state index in [1.54, 1.807) is 0 Å². The van der Waals surface area contributed by atoms with E-state index in [1.165, 1.54) is 16.8 Å². The van der Waals surface area contributed by atoms with E-state index in [-0.39, 0.29) is 25.3 Å². The number of alkyl halides is 3. The highest BCUT2D eigenvalue weighted by molar-refractivity contribution is 5.92. The van der Waals surface area contributed by atoms with E-state index >= 15 is 0 Å². The lowest BCUT2D eigenvalue weighted by Crippen LogP contribution is -2.43. The number of aryl methyl sites for hydroxylation is 1. The molecule has 0 saturated carbocycles. The molecule has 2 atom stereocenters. The van der Waals surface area contributed by atoms with Gasteiger partial charge < -0.3 is 19.9 Å². The Hall–Kier alpha value is -2.75. The highest BCUT2D eigenvalue weighted by Crippen LogP contribution is 2.34. The predicted octanol–water partition coefficient (Wildman–Crippen LogP) is 2.56. The second-order valence-corrected chi connectivity index (χ2v) is 7.71. The lowest BCUT2D eigenvalue weighted by Gasteiger charge is -2.26. The molecule has 2 aliphatic rings. The molecule has 1 amide bonds. The van der Waals surface area contributed by atoms with Gasteiger partial charge in [0.2, 0.25) is 5.88 Å². The van der Waals surface area contributed by atoms with Crippen molar-refractivity contribution in [1.82, 2.24) is 15.1 Å². The third-order valence-electron chi connectivity index (χ3n) is 5.54. The SMILES string of the molecule is CCC1(O)CCn2nc(C(=O)N[C@H]3COc4ccc(C(F)(F)F)cc4C3)cc2OC1. The van der Waals surface area contributed by atoms with Gasteiger partial charge in [-0.2, -0.15) is 18.3 Å². The third-order valence-corrected chi connectivity index (χ3v) is 5.54. The second-order valence-electron chi connectivity index (χ2n) is 7.71. The van der Waals surface area contributed by atoms with Crippen LogP contribution in [0.5, 0.6) is 11.6 Å². The minimum atomic E-state index is -4.44. The van der Waals surface area contributed by atoms with Crippen LogP contribution in [0, 0.1) is 0 Å². The molecule has 2 aromatic rings. The number of halogens is 3. The average Bonchev–Trinajstić information content (AvgIpc) is 3.06. The van der Waals surface area contributed by atoms with E-state index < -0.39 is 29.3 Å². The maximum absolute atomic E-state index is 12.9. The second kappa shape index (κ2) is 7.50. The van der Waals surface area contributed by atoms with Crippen molar-refractivity contribution in [3.8, 4) is 11.6 Å². The Kier molecular flexibility index (Phi) is 5.13. The number of aliphatic hydroxyl groups is 1. The van der Waals surface area contributed by atoms with Gasteiger partial charge in [-0.15, -0.1) is 0 Å². The molecule has 0 fully saturated rings. The van der Waals surface area contributed by atoms with E-state index in [9.17, 15) is 23.1 Å². The summed E-state index contributed by atoms with van der Waals surface area (Å²) in [6.45, 7) is 2.55. The topological polar surface area (TPSA) is 85.6 Å². The Labute approximate surface area is 170 Å². The first kappa shape index (κ1) is 20.5. The number of benzene rings is 1. The first-order valence-electron chi connectivity index (χ1n) is 9.74. The number of fused-ring (bicyclic) bond motifs is 2. The number of carbonyl (C=O) groups excluding carboxylic acids is 1. The van der Waals surface area contributed by atoms with Crippen molar-refractivity contribution < 1.29 is 32.5 Å². The molecule has 2 N–H and O–H groups in total. The summed E-state index contributed by atoms with van der Waals surface area (Å²) in [5, 5.41) is 17.4. The van der Waals surface area contributed by atoms with Crippen LogP contribution in [0.4, 0.5) is 13.2 Å². The first-order chi connectivity index (χ1) is 14.2. The number of amides is 1. The summed E-state index contributed by atoms with van der Waals surface area (Å²) >= 11 is 0. The Morgan fingerprint density at radius 1 is 1.37 bits per heavy atom. The van der Waals surface area contributed by atoms with E-state index in [4.69, 9.17) is 9.47 Å². The van der Waals surface area contributed by atoms with Crippen LogP contribution in [0.15, 0.2) is 24.3 Å². The predicted molar refractivity (Wildman–Crippen MR) is 99.5 cm³/mol. The molecule has 0 radical (unpaired) electrons. The molecule has 0 saturated heterocycles. The van der Waals surface area contributed by atoms with Crippen LogP contribution in [-0.4, -0.2) is 45.7 Å². The zero-order chi connectivity index (χ0) is 21.5. The van der Waals surface area contributed by atoms with Gasteiger partial charge in [0, 0.05) is 12.6 Å². The Morgan fingerprint density at radius 3 is 2.90 bits per heavy atom. The number of ether oxygens (including phenoxy) is 2. The molecule has 3 heterocycles. The van der Waals surface area contributed by atoms with Crippen LogP contribution >= 0.6 is 0 Å². The van der Waals surface area contributed by atoms with E-state index in [2.05, 4.69) is 10.4 Å². The minimum Gasteiger partial charge on any atom is -0.491 e. The lowest BCUT2D eigenvalue weighted by molar-refractivity contribution is -0.137. The molecule has 0 aliphatic carbocycles. The number of carbonyl (C=O) groups is 1. The van der Waals surface area contributed by atoms with Gasteiger partial charge >= 0.3 is 6.18 Å². The molecular formula is C20H22F3N3O4. The van der Waals surface area contributed by atoms with Gasteiger partial charge in [-0.05, 0) is 43.0 Å². The average molecular weight is 425 g/mol. The lowest BCUT2D eigenvalue weighted by atomic mass is 9.98. The Balaban J connectivity index is 1.43. The first-order valence-corrected chi connectivity index (χ1v) is 9.74. The zero-order valence-corrected chi connectivity index (χ0v) is 16.3. The summed E-state index contributed by atoms with van der Waals surface area (Å²) in [5.74, 6) is 0.317. The molecule has 2 aliphatic heterocycles. The molecule has 162 valence electrons. The van der Waals surface area contributed by atoms with Crippen LogP contribution in [0.2, 0.25) is 0 Å². The van der Waals surface area contributed by atoms with Crippen LogP contribution in [0.3, 0.4) is 0 Å². The van der Waals surface area contributed by atoms with Gasteiger partial charge in [0.05, 0.1) is 11.6 Å². The van der Waals surface area contributed by atoms with Gasteiger partial charge in [0.25, 0.3) is 5.91 Å². The van der Waals surface area contributed by atoms with Crippen LogP contribution < -0.4 is 14.8 Å². The van der Waals surface area contributed by atoms with Crippen molar-refractivity contribution >= 4 is 5.91 Å². The van der Waals surface area contributed by atoms with Crippen molar-refractivity contribution in [3.63, 3.8) is 0 Å². The highest BCUT2D eigenvalue weighted by atomic mass is 19.4. The highest BCUT2D eigenvalue weighted by Gasteiger charge is 2.33. The monoisotopic (exact) mass is 425 g/mol. The molecule has 4 rings (SSSR count). The minimum absolute atomic E-state index is 0.116. The number of hydrogen-bond donors (Lipinski definition) is 2. The van der Waals surface area contributed by atoms with Gasteiger partial charge in [-0.25, -0.2) is 4.68 Å². The number of nitrogens with zero attached hydrogens (tertiary/aromatic N) is 2. The number of nitrogens with one attached hydrogen (secondary N) is 1. The van der Waals surface area contributed by atoms with E-state index in [0.29, 0.717) is 36.6 Å². The molecule has 0 spiro atoms.